The van der Waals surface area contributed by atoms with Crippen molar-refractivity contribution in [2.24, 2.45) is 7.05 Å². The maximum Gasteiger partial charge on any atom is 0.0878 e. The highest BCUT2D eigenvalue weighted by molar-refractivity contribution is 5.20. The minimum Gasteiger partial charge on any atom is -0.388 e. The Morgan fingerprint density at radius 3 is 2.81 bits per heavy atom. The van der Waals surface area contributed by atoms with E-state index in [4.69, 9.17) is 0 Å². The average Bonchev–Trinajstić information content (AvgIpc) is 2.61. The topological polar surface area (TPSA) is 50.9 Å². The van der Waals surface area contributed by atoms with Gasteiger partial charge in [0.25, 0.3) is 0 Å². The van der Waals surface area contributed by atoms with Crippen LogP contribution < -0.4 is 0 Å². The summed E-state index contributed by atoms with van der Waals surface area (Å²) in [5.41, 5.74) is 2.75. The van der Waals surface area contributed by atoms with Crippen LogP contribution in [0.25, 0.3) is 0 Å². The number of aliphatic hydroxyl groups excluding tert-OH is 1. The molecule has 0 aliphatic rings. The van der Waals surface area contributed by atoms with Gasteiger partial charge < -0.3 is 5.11 Å². The number of aromatic nitrogens is 3. The fourth-order valence-corrected chi connectivity index (χ4v) is 1.67. The molecular formula is C12H15N3O. The molecule has 0 saturated heterocycles. The van der Waals surface area contributed by atoms with Gasteiger partial charge in [0, 0.05) is 36.6 Å². The normalized spacial score (nSPS) is 12.7. The van der Waals surface area contributed by atoms with Crippen molar-refractivity contribution in [1.82, 2.24) is 14.8 Å². The molecule has 0 radical (unpaired) electrons. The van der Waals surface area contributed by atoms with Crippen molar-refractivity contribution >= 4 is 0 Å². The molecule has 4 nitrogen and oxygen atoms in total. The summed E-state index contributed by atoms with van der Waals surface area (Å²) in [7, 11) is 1.87. The largest absolute Gasteiger partial charge is 0.388 e. The van der Waals surface area contributed by atoms with Crippen molar-refractivity contribution in [3.63, 3.8) is 0 Å². The minimum atomic E-state index is -0.538. The van der Waals surface area contributed by atoms with E-state index in [1.165, 1.54) is 0 Å². The molecule has 0 spiro atoms. The van der Waals surface area contributed by atoms with Crippen LogP contribution in [0.15, 0.2) is 30.6 Å². The van der Waals surface area contributed by atoms with Crippen molar-refractivity contribution in [1.29, 1.82) is 0 Å². The van der Waals surface area contributed by atoms with Gasteiger partial charge >= 0.3 is 0 Å². The average molecular weight is 217 g/mol. The summed E-state index contributed by atoms with van der Waals surface area (Å²) < 4.78 is 1.76. The predicted octanol–water partition coefficient (Wildman–Crippen LogP) is 1.40. The van der Waals surface area contributed by atoms with Crippen LogP contribution in [0.3, 0.4) is 0 Å². The number of hydrogen-bond acceptors (Lipinski definition) is 3. The van der Waals surface area contributed by atoms with Crippen molar-refractivity contribution in [2.45, 2.75) is 19.4 Å². The van der Waals surface area contributed by atoms with Crippen molar-refractivity contribution in [3.8, 4) is 0 Å². The second-order valence-electron chi connectivity index (χ2n) is 3.85. The van der Waals surface area contributed by atoms with Crippen LogP contribution in [-0.4, -0.2) is 19.9 Å². The van der Waals surface area contributed by atoms with E-state index in [1.807, 2.05) is 32.2 Å². The van der Waals surface area contributed by atoms with Gasteiger partial charge in [-0.3, -0.25) is 9.67 Å². The van der Waals surface area contributed by atoms with Crippen molar-refractivity contribution in [2.75, 3.05) is 0 Å². The van der Waals surface area contributed by atoms with E-state index in [0.717, 1.165) is 17.0 Å². The first-order valence-corrected chi connectivity index (χ1v) is 5.25. The Kier molecular flexibility index (Phi) is 3.01. The summed E-state index contributed by atoms with van der Waals surface area (Å²) in [6.07, 6.45) is 3.43. The highest BCUT2D eigenvalue weighted by atomic mass is 16.3. The van der Waals surface area contributed by atoms with Gasteiger partial charge in [-0.15, -0.1) is 0 Å². The summed E-state index contributed by atoms with van der Waals surface area (Å²) in [6.45, 7) is 1.95. The second-order valence-corrected chi connectivity index (χ2v) is 3.85. The molecule has 84 valence electrons. The van der Waals surface area contributed by atoms with Crippen LogP contribution in [0, 0.1) is 6.92 Å². The smallest absolute Gasteiger partial charge is 0.0878 e. The lowest BCUT2D eigenvalue weighted by Crippen LogP contribution is -2.04. The number of aliphatic hydroxyl groups is 1. The molecule has 0 aliphatic carbocycles. The molecular weight excluding hydrogens is 202 g/mol. The predicted molar refractivity (Wildman–Crippen MR) is 60.8 cm³/mol. The molecule has 0 aromatic carbocycles. The molecule has 1 unspecified atom stereocenters. The lowest BCUT2D eigenvalue weighted by molar-refractivity contribution is 0.176. The van der Waals surface area contributed by atoms with E-state index in [2.05, 4.69) is 10.1 Å². The molecule has 4 heteroatoms. The fraction of sp³-hybridized carbons (Fsp3) is 0.333. The zero-order valence-electron chi connectivity index (χ0n) is 9.46. The molecule has 1 atom stereocenters. The molecule has 0 fully saturated rings. The zero-order valence-corrected chi connectivity index (χ0v) is 9.46. The van der Waals surface area contributed by atoms with Crippen LogP contribution in [0.4, 0.5) is 0 Å². The molecule has 2 rings (SSSR count). The Morgan fingerprint density at radius 2 is 2.25 bits per heavy atom. The maximum absolute atomic E-state index is 10.1. The molecule has 0 aliphatic heterocycles. The Balaban J connectivity index is 2.15. The quantitative estimate of drug-likeness (QED) is 0.845. The summed E-state index contributed by atoms with van der Waals surface area (Å²) in [5.74, 6) is 0. The number of aryl methyl sites for hydroxylation is 1. The van der Waals surface area contributed by atoms with Gasteiger partial charge in [-0.2, -0.15) is 5.10 Å². The van der Waals surface area contributed by atoms with Gasteiger partial charge in [0.1, 0.15) is 0 Å². The summed E-state index contributed by atoms with van der Waals surface area (Å²) in [5, 5.41) is 14.2. The zero-order chi connectivity index (χ0) is 11.5. The summed E-state index contributed by atoms with van der Waals surface area (Å²) >= 11 is 0. The first kappa shape index (κ1) is 10.8. The van der Waals surface area contributed by atoms with E-state index >= 15 is 0 Å². The molecule has 0 amide bonds. The van der Waals surface area contributed by atoms with E-state index < -0.39 is 6.10 Å². The van der Waals surface area contributed by atoms with Crippen LogP contribution in [-0.2, 0) is 13.5 Å². The Bertz CT molecular complexity index is 464. The fourth-order valence-electron chi connectivity index (χ4n) is 1.67. The van der Waals surface area contributed by atoms with Gasteiger partial charge in [0.15, 0.2) is 0 Å². The van der Waals surface area contributed by atoms with Crippen LogP contribution in [0.1, 0.15) is 23.1 Å². The van der Waals surface area contributed by atoms with Crippen molar-refractivity contribution < 1.29 is 5.11 Å². The molecule has 2 aromatic rings. The molecule has 2 aromatic heterocycles. The van der Waals surface area contributed by atoms with E-state index in [-0.39, 0.29) is 0 Å². The maximum atomic E-state index is 10.1. The number of nitrogens with zero attached hydrogens (tertiary/aromatic N) is 3. The van der Waals surface area contributed by atoms with E-state index in [1.54, 1.807) is 17.1 Å². The first-order chi connectivity index (χ1) is 7.68. The molecule has 16 heavy (non-hydrogen) atoms. The van der Waals surface area contributed by atoms with E-state index in [0.29, 0.717) is 6.42 Å². The van der Waals surface area contributed by atoms with E-state index in [9.17, 15) is 5.11 Å². The number of hydrogen-bond donors (Lipinski definition) is 1. The van der Waals surface area contributed by atoms with Gasteiger partial charge in [0.2, 0.25) is 0 Å². The van der Waals surface area contributed by atoms with Crippen LogP contribution in [0.5, 0.6) is 0 Å². The lowest BCUT2D eigenvalue weighted by Gasteiger charge is -2.09. The third-order valence-electron chi connectivity index (χ3n) is 2.76. The minimum absolute atomic E-state index is 0.521. The molecule has 0 bridgehead atoms. The Hall–Kier alpha value is -1.68. The van der Waals surface area contributed by atoms with Crippen molar-refractivity contribution in [3.05, 3.63) is 47.5 Å². The standard InChI is InChI=1S/C12H15N3O/c1-9-11(8-14-15(9)2)12(16)7-10-5-3-4-6-13-10/h3-6,8,12,16H,7H2,1-2H3. The molecule has 2 heterocycles. The highest BCUT2D eigenvalue weighted by Crippen LogP contribution is 2.19. The summed E-state index contributed by atoms with van der Waals surface area (Å²) in [6, 6.07) is 5.70. The van der Waals surface area contributed by atoms with Gasteiger partial charge in [-0.1, -0.05) is 6.07 Å². The van der Waals surface area contributed by atoms with Crippen LogP contribution in [0.2, 0.25) is 0 Å². The Morgan fingerprint density at radius 1 is 1.44 bits per heavy atom. The second kappa shape index (κ2) is 4.45. The van der Waals surface area contributed by atoms with Gasteiger partial charge in [-0.05, 0) is 19.1 Å². The number of pyridine rings is 1. The third kappa shape index (κ3) is 2.12. The van der Waals surface area contributed by atoms with Gasteiger partial charge in [0.05, 0.1) is 12.3 Å². The highest BCUT2D eigenvalue weighted by Gasteiger charge is 2.14. The monoisotopic (exact) mass is 217 g/mol. The Labute approximate surface area is 94.6 Å². The molecule has 0 saturated carbocycles. The third-order valence-corrected chi connectivity index (χ3v) is 2.76. The summed E-state index contributed by atoms with van der Waals surface area (Å²) in [4.78, 5) is 4.19. The molecule has 1 N–H and O–H groups in total. The first-order valence-electron chi connectivity index (χ1n) is 5.25. The number of rotatable bonds is 3. The lowest BCUT2D eigenvalue weighted by atomic mass is 10.1. The van der Waals surface area contributed by atoms with Gasteiger partial charge in [-0.25, -0.2) is 0 Å². The SMILES string of the molecule is Cc1c(C(O)Cc2ccccn2)cnn1C. The van der Waals surface area contributed by atoms with Crippen LogP contribution >= 0.6 is 0 Å².